The van der Waals surface area contributed by atoms with E-state index in [9.17, 15) is 8.42 Å². The highest BCUT2D eigenvalue weighted by molar-refractivity contribution is 9.11. The molecule has 0 aliphatic carbocycles. The van der Waals surface area contributed by atoms with Crippen molar-refractivity contribution in [3.05, 3.63) is 14.7 Å². The van der Waals surface area contributed by atoms with Gasteiger partial charge in [-0.05, 0) is 54.3 Å². The molecule has 118 valence electrons. The number of likely N-dealkylation sites (tertiary alicyclic amines) is 1. The third-order valence-corrected chi connectivity index (χ3v) is 8.45. The zero-order valence-electron chi connectivity index (χ0n) is 11.8. The molecular weight excluding hydrogens is 374 g/mol. The van der Waals surface area contributed by atoms with Gasteiger partial charge in [-0.15, -0.1) is 11.3 Å². The van der Waals surface area contributed by atoms with Crippen molar-refractivity contribution in [3.63, 3.8) is 0 Å². The fourth-order valence-electron chi connectivity index (χ4n) is 3.15. The van der Waals surface area contributed by atoms with Gasteiger partial charge in [0.1, 0.15) is 4.90 Å². The first-order valence-corrected chi connectivity index (χ1v) is 10.3. The Bertz CT molecular complexity index is 611. The minimum absolute atomic E-state index is 0.370. The molecule has 2 aliphatic heterocycles. The molecule has 5 nitrogen and oxygen atoms in total. The zero-order chi connectivity index (χ0) is 15.0. The molecule has 1 unspecified atom stereocenters. The molecule has 3 heterocycles. The fourth-order valence-corrected chi connectivity index (χ4v) is 7.15. The minimum atomic E-state index is -3.41. The van der Waals surface area contributed by atoms with Gasteiger partial charge in [0.05, 0.1) is 3.79 Å². The van der Waals surface area contributed by atoms with Gasteiger partial charge >= 0.3 is 0 Å². The number of thiophene rings is 1. The summed E-state index contributed by atoms with van der Waals surface area (Å²) in [5, 5.41) is 0. The zero-order valence-corrected chi connectivity index (χ0v) is 15.0. The van der Waals surface area contributed by atoms with Crippen molar-refractivity contribution in [2.45, 2.75) is 36.7 Å². The molecule has 2 saturated heterocycles. The van der Waals surface area contributed by atoms with Crippen LogP contribution in [0.2, 0.25) is 0 Å². The van der Waals surface area contributed by atoms with Crippen LogP contribution in [0.25, 0.3) is 0 Å². The first-order chi connectivity index (χ1) is 10.0. The summed E-state index contributed by atoms with van der Waals surface area (Å²) in [4.78, 5) is 3.69. The summed E-state index contributed by atoms with van der Waals surface area (Å²) >= 11 is 4.77. The SMILES string of the molecule is NCc1cc(S(=O)(=O)N2CCC(N3CCCC3)C2)c(Br)s1. The summed E-state index contributed by atoms with van der Waals surface area (Å²) in [6, 6.07) is 2.08. The molecule has 0 amide bonds. The summed E-state index contributed by atoms with van der Waals surface area (Å²) in [5.74, 6) is 0. The molecule has 2 N–H and O–H groups in total. The Hall–Kier alpha value is 0.01000. The van der Waals surface area contributed by atoms with Crippen molar-refractivity contribution in [1.82, 2.24) is 9.21 Å². The second kappa shape index (κ2) is 6.25. The van der Waals surface area contributed by atoms with E-state index in [4.69, 9.17) is 5.73 Å². The van der Waals surface area contributed by atoms with Gasteiger partial charge in [-0.1, -0.05) is 0 Å². The van der Waals surface area contributed by atoms with Gasteiger partial charge < -0.3 is 5.73 Å². The van der Waals surface area contributed by atoms with E-state index in [1.54, 1.807) is 10.4 Å². The Morgan fingerprint density at radius 2 is 2.05 bits per heavy atom. The monoisotopic (exact) mass is 393 g/mol. The summed E-state index contributed by atoms with van der Waals surface area (Å²) in [6.45, 7) is 3.82. The number of sulfonamides is 1. The lowest BCUT2D eigenvalue weighted by molar-refractivity contribution is 0.251. The van der Waals surface area contributed by atoms with Crippen LogP contribution in [0.15, 0.2) is 14.7 Å². The van der Waals surface area contributed by atoms with Crippen molar-refractivity contribution in [1.29, 1.82) is 0 Å². The van der Waals surface area contributed by atoms with E-state index in [0.717, 1.165) is 24.4 Å². The van der Waals surface area contributed by atoms with Crippen LogP contribution < -0.4 is 5.73 Å². The largest absolute Gasteiger partial charge is 0.326 e. The first kappa shape index (κ1) is 15.9. The standard InChI is InChI=1S/C13H20BrN3O2S2/c14-13-12(7-11(8-15)20-13)21(18,19)17-6-3-10(9-17)16-4-1-2-5-16/h7,10H,1-6,8-9,15H2. The maximum atomic E-state index is 12.8. The van der Waals surface area contributed by atoms with E-state index in [2.05, 4.69) is 20.8 Å². The summed E-state index contributed by atoms with van der Waals surface area (Å²) in [5.41, 5.74) is 5.61. The first-order valence-electron chi connectivity index (χ1n) is 7.25. The summed E-state index contributed by atoms with van der Waals surface area (Å²) in [7, 11) is -3.41. The third-order valence-electron chi connectivity index (χ3n) is 4.31. The molecule has 0 spiro atoms. The molecule has 1 aromatic heterocycles. The predicted octanol–water partition coefficient (Wildman–Crippen LogP) is 1.83. The van der Waals surface area contributed by atoms with Gasteiger partial charge in [-0.3, -0.25) is 4.90 Å². The normalized spacial score (nSPS) is 25.0. The Morgan fingerprint density at radius 3 is 2.67 bits per heavy atom. The quantitative estimate of drug-likeness (QED) is 0.846. The van der Waals surface area contributed by atoms with Crippen LogP contribution in [0.1, 0.15) is 24.1 Å². The molecule has 21 heavy (non-hydrogen) atoms. The molecule has 1 aromatic rings. The van der Waals surface area contributed by atoms with Gasteiger partial charge in [0.15, 0.2) is 0 Å². The van der Waals surface area contributed by atoms with Crippen LogP contribution in [-0.4, -0.2) is 49.8 Å². The average molecular weight is 394 g/mol. The van der Waals surface area contributed by atoms with E-state index < -0.39 is 10.0 Å². The average Bonchev–Trinajstić information content (AvgIpc) is 3.18. The van der Waals surface area contributed by atoms with Crippen molar-refractivity contribution in [2.75, 3.05) is 26.2 Å². The van der Waals surface area contributed by atoms with Gasteiger partial charge in [-0.2, -0.15) is 4.31 Å². The molecule has 2 fully saturated rings. The van der Waals surface area contributed by atoms with E-state index in [1.807, 2.05) is 0 Å². The van der Waals surface area contributed by atoms with Crippen LogP contribution in [0.4, 0.5) is 0 Å². The lowest BCUT2D eigenvalue weighted by atomic mass is 10.2. The Kier molecular flexibility index (Phi) is 4.73. The van der Waals surface area contributed by atoms with Crippen LogP contribution in [0.3, 0.4) is 0 Å². The lowest BCUT2D eigenvalue weighted by Crippen LogP contribution is -2.37. The molecule has 0 saturated carbocycles. The van der Waals surface area contributed by atoms with E-state index in [1.165, 1.54) is 24.2 Å². The van der Waals surface area contributed by atoms with Crippen molar-refractivity contribution in [2.24, 2.45) is 5.73 Å². The van der Waals surface area contributed by atoms with Crippen LogP contribution in [0.5, 0.6) is 0 Å². The Balaban J connectivity index is 1.77. The molecular formula is C13H20BrN3O2S2. The van der Waals surface area contributed by atoms with E-state index in [-0.39, 0.29) is 0 Å². The number of nitrogens with zero attached hydrogens (tertiary/aromatic N) is 2. The van der Waals surface area contributed by atoms with Gasteiger partial charge in [0.2, 0.25) is 10.0 Å². The fraction of sp³-hybridized carbons (Fsp3) is 0.692. The maximum Gasteiger partial charge on any atom is 0.245 e. The molecule has 1 atom stereocenters. The maximum absolute atomic E-state index is 12.8. The summed E-state index contributed by atoms with van der Waals surface area (Å²) in [6.07, 6.45) is 3.41. The molecule has 0 radical (unpaired) electrons. The van der Waals surface area contributed by atoms with Gasteiger partial charge in [0, 0.05) is 30.6 Å². The molecule has 8 heteroatoms. The van der Waals surface area contributed by atoms with Gasteiger partial charge in [0.25, 0.3) is 0 Å². The summed E-state index contributed by atoms with van der Waals surface area (Å²) < 4.78 is 27.9. The number of nitrogens with two attached hydrogens (primary N) is 1. The smallest absolute Gasteiger partial charge is 0.245 e. The topological polar surface area (TPSA) is 66.6 Å². The predicted molar refractivity (Wildman–Crippen MR) is 87.9 cm³/mol. The molecule has 3 rings (SSSR count). The minimum Gasteiger partial charge on any atom is -0.326 e. The number of rotatable bonds is 4. The van der Waals surface area contributed by atoms with Crippen LogP contribution >= 0.6 is 27.3 Å². The highest BCUT2D eigenvalue weighted by Crippen LogP contribution is 2.35. The van der Waals surface area contributed by atoms with Crippen LogP contribution in [-0.2, 0) is 16.6 Å². The Morgan fingerprint density at radius 1 is 1.33 bits per heavy atom. The highest BCUT2D eigenvalue weighted by Gasteiger charge is 2.37. The van der Waals surface area contributed by atoms with Gasteiger partial charge in [-0.25, -0.2) is 8.42 Å². The van der Waals surface area contributed by atoms with E-state index in [0.29, 0.717) is 34.4 Å². The molecule has 0 aromatic carbocycles. The highest BCUT2D eigenvalue weighted by atomic mass is 79.9. The van der Waals surface area contributed by atoms with E-state index >= 15 is 0 Å². The molecule has 0 bridgehead atoms. The van der Waals surface area contributed by atoms with Crippen molar-refractivity contribution < 1.29 is 8.42 Å². The van der Waals surface area contributed by atoms with Crippen LogP contribution in [0, 0.1) is 0 Å². The third kappa shape index (κ3) is 3.07. The molecule has 2 aliphatic rings. The Labute approximate surface area is 138 Å². The number of hydrogen-bond acceptors (Lipinski definition) is 5. The lowest BCUT2D eigenvalue weighted by Gasteiger charge is -2.23. The van der Waals surface area contributed by atoms with Crippen molar-refractivity contribution >= 4 is 37.3 Å². The second-order valence-corrected chi connectivity index (χ2v) is 9.96. The van der Waals surface area contributed by atoms with Crippen molar-refractivity contribution in [3.8, 4) is 0 Å². The number of hydrogen-bond donors (Lipinski definition) is 1. The number of halogens is 1. The second-order valence-electron chi connectivity index (χ2n) is 5.60.